The van der Waals surface area contributed by atoms with E-state index in [1.165, 1.54) is 24.3 Å². The summed E-state index contributed by atoms with van der Waals surface area (Å²) in [6.45, 7) is 0.944. The Labute approximate surface area is 116 Å². The van der Waals surface area contributed by atoms with Crippen molar-refractivity contribution in [2.24, 2.45) is 0 Å². The van der Waals surface area contributed by atoms with Gasteiger partial charge in [0, 0.05) is 12.1 Å². The van der Waals surface area contributed by atoms with Crippen molar-refractivity contribution in [3.8, 4) is 17.2 Å². The van der Waals surface area contributed by atoms with Crippen LogP contribution in [0.1, 0.15) is 11.1 Å². The second-order valence-electron chi connectivity index (χ2n) is 4.50. The molecule has 0 atom stereocenters. The van der Waals surface area contributed by atoms with Crippen LogP contribution in [0.3, 0.4) is 0 Å². The molecule has 0 fully saturated rings. The second kappa shape index (κ2) is 6.25. The van der Waals surface area contributed by atoms with Crippen molar-refractivity contribution in [1.29, 1.82) is 0 Å². The Balaban J connectivity index is 1.86. The Morgan fingerprint density at radius 1 is 1.00 bits per heavy atom. The Morgan fingerprint density at radius 3 is 2.55 bits per heavy atom. The lowest BCUT2D eigenvalue weighted by molar-refractivity contribution is 0.364. The molecule has 4 nitrogen and oxygen atoms in total. The van der Waals surface area contributed by atoms with Crippen molar-refractivity contribution in [3.05, 3.63) is 53.3 Å². The SMILES string of the molecule is Oc1ccc(CNCCc2cccc(F)c2)c(O)c1O. The first-order valence-electron chi connectivity index (χ1n) is 6.26. The van der Waals surface area contributed by atoms with E-state index in [0.717, 1.165) is 5.56 Å². The molecule has 2 aromatic rings. The first-order chi connectivity index (χ1) is 9.58. The molecule has 2 rings (SSSR count). The van der Waals surface area contributed by atoms with Crippen molar-refractivity contribution in [3.63, 3.8) is 0 Å². The number of phenols is 3. The molecule has 0 aliphatic heterocycles. The summed E-state index contributed by atoms with van der Waals surface area (Å²) < 4.78 is 13.0. The topological polar surface area (TPSA) is 72.7 Å². The van der Waals surface area contributed by atoms with E-state index in [4.69, 9.17) is 0 Å². The number of rotatable bonds is 5. The van der Waals surface area contributed by atoms with Crippen molar-refractivity contribution >= 4 is 0 Å². The molecule has 106 valence electrons. The molecule has 0 aliphatic rings. The molecule has 0 spiro atoms. The molecule has 0 aliphatic carbocycles. The van der Waals surface area contributed by atoms with Crippen LogP contribution in [-0.4, -0.2) is 21.9 Å². The highest BCUT2D eigenvalue weighted by Crippen LogP contribution is 2.36. The molecule has 0 saturated carbocycles. The summed E-state index contributed by atoms with van der Waals surface area (Å²) in [4.78, 5) is 0. The van der Waals surface area contributed by atoms with Gasteiger partial charge in [0.25, 0.3) is 0 Å². The summed E-state index contributed by atoms with van der Waals surface area (Å²) in [7, 11) is 0. The maximum Gasteiger partial charge on any atom is 0.200 e. The molecule has 0 saturated heterocycles. The number of halogens is 1. The average molecular weight is 277 g/mol. The first-order valence-corrected chi connectivity index (χ1v) is 6.26. The molecule has 2 aromatic carbocycles. The number of hydrogen-bond acceptors (Lipinski definition) is 4. The van der Waals surface area contributed by atoms with Crippen molar-refractivity contribution in [2.75, 3.05) is 6.54 Å². The lowest BCUT2D eigenvalue weighted by atomic mass is 10.1. The Morgan fingerprint density at radius 2 is 1.80 bits per heavy atom. The fourth-order valence-corrected chi connectivity index (χ4v) is 1.90. The molecule has 4 N–H and O–H groups in total. The third-order valence-corrected chi connectivity index (χ3v) is 3.01. The van der Waals surface area contributed by atoms with Gasteiger partial charge in [-0.2, -0.15) is 0 Å². The summed E-state index contributed by atoms with van der Waals surface area (Å²) in [5, 5.41) is 31.3. The van der Waals surface area contributed by atoms with Gasteiger partial charge in [0.1, 0.15) is 5.82 Å². The smallest absolute Gasteiger partial charge is 0.200 e. The van der Waals surface area contributed by atoms with Crippen LogP contribution in [-0.2, 0) is 13.0 Å². The predicted molar refractivity (Wildman–Crippen MR) is 73.2 cm³/mol. The van der Waals surface area contributed by atoms with E-state index in [1.807, 2.05) is 6.07 Å². The Hall–Kier alpha value is -2.27. The number of hydrogen-bond donors (Lipinski definition) is 4. The molecule has 5 heteroatoms. The zero-order valence-corrected chi connectivity index (χ0v) is 10.8. The van der Waals surface area contributed by atoms with Crippen LogP contribution < -0.4 is 5.32 Å². The van der Waals surface area contributed by atoms with Gasteiger partial charge in [0.2, 0.25) is 5.75 Å². The van der Waals surface area contributed by atoms with E-state index in [1.54, 1.807) is 6.07 Å². The van der Waals surface area contributed by atoms with Gasteiger partial charge in [-0.1, -0.05) is 18.2 Å². The van der Waals surface area contributed by atoms with Gasteiger partial charge in [0.15, 0.2) is 11.5 Å². The van der Waals surface area contributed by atoms with Gasteiger partial charge in [-0.15, -0.1) is 0 Å². The average Bonchev–Trinajstić information content (AvgIpc) is 2.43. The highest BCUT2D eigenvalue weighted by Gasteiger charge is 2.10. The van der Waals surface area contributed by atoms with Crippen LogP contribution >= 0.6 is 0 Å². The molecule has 0 radical (unpaired) electrons. The minimum Gasteiger partial charge on any atom is -0.504 e. The van der Waals surface area contributed by atoms with Crippen molar-refractivity contribution in [1.82, 2.24) is 5.32 Å². The number of phenolic OH excluding ortho intramolecular Hbond substituents is 3. The van der Waals surface area contributed by atoms with Crippen molar-refractivity contribution in [2.45, 2.75) is 13.0 Å². The molecule has 0 bridgehead atoms. The summed E-state index contributed by atoms with van der Waals surface area (Å²) >= 11 is 0. The lowest BCUT2D eigenvalue weighted by Crippen LogP contribution is -2.16. The van der Waals surface area contributed by atoms with E-state index in [0.29, 0.717) is 25.1 Å². The molecule has 20 heavy (non-hydrogen) atoms. The van der Waals surface area contributed by atoms with Crippen LogP contribution in [0.5, 0.6) is 17.2 Å². The minimum absolute atomic E-state index is 0.261. The van der Waals surface area contributed by atoms with Gasteiger partial charge in [-0.05, 0) is 36.7 Å². The molecule has 0 aromatic heterocycles. The molecular formula is C15H16FNO3. The van der Waals surface area contributed by atoms with Gasteiger partial charge in [-0.25, -0.2) is 4.39 Å². The quantitative estimate of drug-likeness (QED) is 0.500. The maximum atomic E-state index is 13.0. The minimum atomic E-state index is -0.519. The van der Waals surface area contributed by atoms with Gasteiger partial charge in [0.05, 0.1) is 0 Å². The normalized spacial score (nSPS) is 10.7. The fraction of sp³-hybridized carbons (Fsp3) is 0.200. The van der Waals surface area contributed by atoms with E-state index in [2.05, 4.69) is 5.32 Å². The zero-order valence-electron chi connectivity index (χ0n) is 10.8. The van der Waals surface area contributed by atoms with E-state index in [9.17, 15) is 19.7 Å². The summed E-state index contributed by atoms with van der Waals surface area (Å²) in [5.41, 5.74) is 1.37. The monoisotopic (exact) mass is 277 g/mol. The Bertz CT molecular complexity index is 602. The van der Waals surface area contributed by atoms with Crippen LogP contribution in [0.2, 0.25) is 0 Å². The maximum absolute atomic E-state index is 13.0. The van der Waals surface area contributed by atoms with E-state index in [-0.39, 0.29) is 17.3 Å². The van der Waals surface area contributed by atoms with Crippen molar-refractivity contribution < 1.29 is 19.7 Å². The van der Waals surface area contributed by atoms with Crippen LogP contribution in [0.15, 0.2) is 36.4 Å². The number of aromatic hydroxyl groups is 3. The van der Waals surface area contributed by atoms with Gasteiger partial charge in [-0.3, -0.25) is 0 Å². The largest absolute Gasteiger partial charge is 0.504 e. The van der Waals surface area contributed by atoms with E-state index < -0.39 is 5.75 Å². The number of benzene rings is 2. The Kier molecular flexibility index (Phi) is 4.42. The third kappa shape index (κ3) is 3.39. The third-order valence-electron chi connectivity index (χ3n) is 3.01. The van der Waals surface area contributed by atoms with Crippen LogP contribution in [0.25, 0.3) is 0 Å². The predicted octanol–water partition coefficient (Wildman–Crippen LogP) is 2.27. The molecule has 0 heterocycles. The van der Waals surface area contributed by atoms with Gasteiger partial charge < -0.3 is 20.6 Å². The zero-order chi connectivity index (χ0) is 14.5. The van der Waals surface area contributed by atoms with Crippen LogP contribution in [0, 0.1) is 5.82 Å². The lowest BCUT2D eigenvalue weighted by Gasteiger charge is -2.09. The fourth-order valence-electron chi connectivity index (χ4n) is 1.90. The highest BCUT2D eigenvalue weighted by atomic mass is 19.1. The van der Waals surface area contributed by atoms with E-state index >= 15 is 0 Å². The summed E-state index contributed by atoms with van der Waals surface area (Å²) in [5.74, 6) is -1.47. The highest BCUT2D eigenvalue weighted by molar-refractivity contribution is 5.52. The molecular weight excluding hydrogens is 261 g/mol. The first kappa shape index (κ1) is 14.1. The molecule has 0 unspecified atom stereocenters. The van der Waals surface area contributed by atoms with Crippen LogP contribution in [0.4, 0.5) is 4.39 Å². The number of nitrogens with one attached hydrogen (secondary N) is 1. The summed E-state index contributed by atoms with van der Waals surface area (Å²) in [6.07, 6.45) is 0.655. The standard InChI is InChI=1S/C15H16FNO3/c16-12-3-1-2-10(8-12)6-7-17-9-11-4-5-13(18)15(20)14(11)19/h1-5,8,17-20H,6-7,9H2. The second-order valence-corrected chi connectivity index (χ2v) is 4.50. The molecule has 0 amide bonds. The summed E-state index contributed by atoms with van der Waals surface area (Å²) in [6, 6.07) is 9.22. The van der Waals surface area contributed by atoms with Gasteiger partial charge >= 0.3 is 0 Å².